The van der Waals surface area contributed by atoms with E-state index >= 15 is 0 Å². The van der Waals surface area contributed by atoms with E-state index in [1.54, 1.807) is 6.20 Å². The van der Waals surface area contributed by atoms with Gasteiger partial charge in [0.05, 0.1) is 18.3 Å². The van der Waals surface area contributed by atoms with Crippen LogP contribution in [0.25, 0.3) is 0 Å². The van der Waals surface area contributed by atoms with Crippen LogP contribution in [0.2, 0.25) is 0 Å². The van der Waals surface area contributed by atoms with Gasteiger partial charge in [0.25, 0.3) is 0 Å². The molecule has 0 radical (unpaired) electrons. The van der Waals surface area contributed by atoms with Crippen LogP contribution in [0.4, 0.5) is 0 Å². The Labute approximate surface area is 109 Å². The summed E-state index contributed by atoms with van der Waals surface area (Å²) in [6.07, 6.45) is 7.61. The van der Waals surface area contributed by atoms with Crippen LogP contribution < -0.4 is 5.32 Å². The summed E-state index contributed by atoms with van der Waals surface area (Å²) in [5, 5.41) is 13.3. The number of aromatic nitrogens is 1. The van der Waals surface area contributed by atoms with Gasteiger partial charge in [-0.25, -0.2) is 4.98 Å². The normalized spacial score (nSPS) is 20.2. The lowest BCUT2D eigenvalue weighted by Gasteiger charge is -2.17. The van der Waals surface area contributed by atoms with Gasteiger partial charge in [-0.15, -0.1) is 0 Å². The lowest BCUT2D eigenvalue weighted by molar-refractivity contribution is 0.136. The summed E-state index contributed by atoms with van der Waals surface area (Å²) in [7, 11) is 0. The predicted molar refractivity (Wildman–Crippen MR) is 70.2 cm³/mol. The maximum atomic E-state index is 10.00. The molecular weight excluding hydrogens is 228 g/mol. The second kappa shape index (κ2) is 6.34. The maximum absolute atomic E-state index is 10.00. The van der Waals surface area contributed by atoms with E-state index in [9.17, 15) is 5.11 Å². The summed E-state index contributed by atoms with van der Waals surface area (Å²) in [4.78, 5) is 4.19. The molecule has 1 saturated carbocycles. The van der Waals surface area contributed by atoms with Gasteiger partial charge in [-0.2, -0.15) is 0 Å². The van der Waals surface area contributed by atoms with Crippen LogP contribution in [0.5, 0.6) is 0 Å². The van der Waals surface area contributed by atoms with Crippen molar-refractivity contribution in [3.63, 3.8) is 0 Å². The summed E-state index contributed by atoms with van der Waals surface area (Å²) in [6, 6.07) is 0.0527. The molecule has 1 fully saturated rings. The number of aliphatic hydroxyl groups is 1. The molecule has 0 aromatic carbocycles. The van der Waals surface area contributed by atoms with E-state index in [4.69, 9.17) is 4.42 Å². The second-order valence-corrected chi connectivity index (χ2v) is 5.48. The average Bonchev–Trinajstić information content (AvgIpc) is 2.97. The molecule has 4 heteroatoms. The molecule has 2 N–H and O–H groups in total. The molecule has 1 aliphatic carbocycles. The molecule has 2 unspecified atom stereocenters. The van der Waals surface area contributed by atoms with Gasteiger partial charge in [-0.3, -0.25) is 0 Å². The van der Waals surface area contributed by atoms with Crippen molar-refractivity contribution in [3.8, 4) is 0 Å². The fraction of sp³-hybridized carbons (Fsp3) is 0.786. The third-order valence-electron chi connectivity index (χ3n) is 3.75. The Hall–Kier alpha value is -0.870. The number of hydrogen-bond donors (Lipinski definition) is 2. The largest absolute Gasteiger partial charge is 0.444 e. The topological polar surface area (TPSA) is 58.3 Å². The highest BCUT2D eigenvalue weighted by molar-refractivity contribution is 4.95. The standard InChI is InChI=1S/C14H24N2O2/c1-10-8-16-14(18-10)11(2)15-9-13(17)7-12-5-3-4-6-12/h8,11-13,15,17H,3-7,9H2,1-2H3. The third-order valence-corrected chi connectivity index (χ3v) is 3.75. The van der Waals surface area contributed by atoms with Gasteiger partial charge in [0, 0.05) is 6.54 Å². The lowest BCUT2D eigenvalue weighted by atomic mass is 10.00. The monoisotopic (exact) mass is 252 g/mol. The number of hydrogen-bond acceptors (Lipinski definition) is 4. The average molecular weight is 252 g/mol. The van der Waals surface area contributed by atoms with Crippen molar-refractivity contribution < 1.29 is 9.52 Å². The Morgan fingerprint density at radius 2 is 2.22 bits per heavy atom. The number of nitrogens with zero attached hydrogens (tertiary/aromatic N) is 1. The Morgan fingerprint density at radius 3 is 2.83 bits per heavy atom. The molecule has 2 rings (SSSR count). The van der Waals surface area contributed by atoms with Crippen LogP contribution in [-0.2, 0) is 0 Å². The summed E-state index contributed by atoms with van der Waals surface area (Å²) < 4.78 is 5.46. The molecule has 18 heavy (non-hydrogen) atoms. The number of rotatable bonds is 6. The molecule has 4 nitrogen and oxygen atoms in total. The minimum absolute atomic E-state index is 0.0527. The van der Waals surface area contributed by atoms with Crippen molar-refractivity contribution in [1.29, 1.82) is 0 Å². The molecule has 102 valence electrons. The van der Waals surface area contributed by atoms with E-state index < -0.39 is 0 Å². The molecule has 0 aliphatic heterocycles. The molecule has 0 bridgehead atoms. The smallest absolute Gasteiger partial charge is 0.211 e. The fourth-order valence-corrected chi connectivity index (χ4v) is 2.69. The van der Waals surface area contributed by atoms with Crippen LogP contribution >= 0.6 is 0 Å². The number of nitrogens with one attached hydrogen (secondary N) is 1. The fourth-order valence-electron chi connectivity index (χ4n) is 2.69. The van der Waals surface area contributed by atoms with Crippen LogP contribution in [-0.4, -0.2) is 22.7 Å². The molecule has 2 atom stereocenters. The van der Waals surface area contributed by atoms with Crippen molar-refractivity contribution in [3.05, 3.63) is 17.8 Å². The van der Waals surface area contributed by atoms with Crippen molar-refractivity contribution in [2.45, 2.75) is 58.1 Å². The Morgan fingerprint density at radius 1 is 1.50 bits per heavy atom. The second-order valence-electron chi connectivity index (χ2n) is 5.48. The van der Waals surface area contributed by atoms with Gasteiger partial charge in [-0.1, -0.05) is 25.7 Å². The van der Waals surface area contributed by atoms with E-state index in [1.165, 1.54) is 25.7 Å². The quantitative estimate of drug-likeness (QED) is 0.817. The Kier molecular flexibility index (Phi) is 4.78. The highest BCUT2D eigenvalue weighted by Crippen LogP contribution is 2.28. The van der Waals surface area contributed by atoms with E-state index in [0.29, 0.717) is 12.4 Å². The zero-order valence-electron chi connectivity index (χ0n) is 11.4. The molecule has 1 aliphatic rings. The van der Waals surface area contributed by atoms with Gasteiger partial charge in [0.2, 0.25) is 5.89 Å². The van der Waals surface area contributed by atoms with Crippen LogP contribution in [0.3, 0.4) is 0 Å². The first-order valence-corrected chi connectivity index (χ1v) is 6.99. The van der Waals surface area contributed by atoms with Gasteiger partial charge in [0.1, 0.15) is 5.76 Å². The van der Waals surface area contributed by atoms with Crippen LogP contribution in [0.1, 0.15) is 56.7 Å². The Bertz CT molecular complexity index is 358. The first kappa shape index (κ1) is 13.6. The van der Waals surface area contributed by atoms with E-state index in [1.807, 2.05) is 13.8 Å². The van der Waals surface area contributed by atoms with Crippen molar-refractivity contribution in [1.82, 2.24) is 10.3 Å². The first-order valence-electron chi connectivity index (χ1n) is 6.99. The van der Waals surface area contributed by atoms with Gasteiger partial charge in [-0.05, 0) is 26.2 Å². The minimum Gasteiger partial charge on any atom is -0.444 e. The Balaban J connectivity index is 1.70. The van der Waals surface area contributed by atoms with Crippen LogP contribution in [0.15, 0.2) is 10.6 Å². The van der Waals surface area contributed by atoms with Gasteiger partial charge >= 0.3 is 0 Å². The zero-order chi connectivity index (χ0) is 13.0. The molecule has 1 aromatic rings. The third kappa shape index (κ3) is 3.82. The molecule has 0 saturated heterocycles. The molecule has 1 aromatic heterocycles. The number of oxazole rings is 1. The van der Waals surface area contributed by atoms with Gasteiger partial charge < -0.3 is 14.8 Å². The zero-order valence-corrected chi connectivity index (χ0v) is 11.4. The van der Waals surface area contributed by atoms with Crippen molar-refractivity contribution >= 4 is 0 Å². The van der Waals surface area contributed by atoms with Crippen molar-refractivity contribution in [2.24, 2.45) is 5.92 Å². The lowest BCUT2D eigenvalue weighted by Crippen LogP contribution is -2.30. The molecule has 1 heterocycles. The highest BCUT2D eigenvalue weighted by atomic mass is 16.4. The number of aliphatic hydroxyl groups excluding tert-OH is 1. The maximum Gasteiger partial charge on any atom is 0.211 e. The van der Waals surface area contributed by atoms with Gasteiger partial charge in [0.15, 0.2) is 0 Å². The summed E-state index contributed by atoms with van der Waals surface area (Å²) in [5.41, 5.74) is 0. The predicted octanol–water partition coefficient (Wildman–Crippen LogP) is 2.57. The SMILES string of the molecule is Cc1cnc(C(C)NCC(O)CC2CCCC2)o1. The first-order chi connectivity index (χ1) is 8.65. The summed E-state index contributed by atoms with van der Waals surface area (Å²) in [6.45, 7) is 4.50. The van der Waals surface area contributed by atoms with E-state index in [-0.39, 0.29) is 12.1 Å². The minimum atomic E-state index is -0.258. The highest BCUT2D eigenvalue weighted by Gasteiger charge is 2.19. The summed E-state index contributed by atoms with van der Waals surface area (Å²) in [5.74, 6) is 2.24. The molecule has 0 amide bonds. The summed E-state index contributed by atoms with van der Waals surface area (Å²) >= 11 is 0. The molecule has 0 spiro atoms. The van der Waals surface area contributed by atoms with Crippen molar-refractivity contribution in [2.75, 3.05) is 6.54 Å². The van der Waals surface area contributed by atoms with Crippen LogP contribution in [0, 0.1) is 12.8 Å². The molecular formula is C14H24N2O2. The van der Waals surface area contributed by atoms with E-state index in [0.717, 1.165) is 18.1 Å². The number of aryl methyl sites for hydroxylation is 1. The van der Waals surface area contributed by atoms with E-state index in [2.05, 4.69) is 10.3 Å².